The van der Waals surface area contributed by atoms with Crippen LogP contribution in [0.4, 0.5) is 4.39 Å². The number of nitrogens with zero attached hydrogens (tertiary/aromatic N) is 4. The first-order chi connectivity index (χ1) is 18.7. The molecule has 3 aliphatic heterocycles. The van der Waals surface area contributed by atoms with Gasteiger partial charge in [0.25, 0.3) is 5.91 Å². The van der Waals surface area contributed by atoms with Crippen LogP contribution in [-0.2, 0) is 20.9 Å². The Kier molecular flexibility index (Phi) is 7.50. The molecular weight excluding hydrogens is 525 g/mol. The van der Waals surface area contributed by atoms with Crippen LogP contribution in [0.5, 0.6) is 0 Å². The number of halogens is 1. The third kappa shape index (κ3) is 5.30. The molecule has 0 aliphatic carbocycles. The predicted octanol–water partition coefficient (Wildman–Crippen LogP) is 2.39. The number of likely N-dealkylation sites (tertiary alicyclic amines) is 2. The summed E-state index contributed by atoms with van der Waals surface area (Å²) in [7, 11) is 0. The second-order valence-corrected chi connectivity index (χ2v) is 10.9. The van der Waals surface area contributed by atoms with E-state index in [2.05, 4.69) is 20.2 Å². The van der Waals surface area contributed by atoms with E-state index in [1.165, 1.54) is 22.3 Å². The molecule has 10 nitrogen and oxygen atoms in total. The normalized spacial score (nSPS) is 23.4. The number of aromatic carboxylic acids is 1. The van der Waals surface area contributed by atoms with Crippen molar-refractivity contribution in [3.63, 3.8) is 0 Å². The number of esters is 1. The molecule has 206 valence electrons. The fraction of sp³-hybridized carbons (Fsp3) is 0.444. The number of aryl methyl sites for hydroxylation is 1. The fourth-order valence-electron chi connectivity index (χ4n) is 5.40. The molecule has 1 amide bonds. The van der Waals surface area contributed by atoms with Crippen molar-refractivity contribution >= 4 is 35.0 Å². The number of benzene rings is 1. The highest BCUT2D eigenvalue weighted by Gasteiger charge is 2.57. The molecular formula is C27H30FN5O5S. The molecule has 1 aromatic carbocycles. The minimum Gasteiger partial charge on any atom is -0.478 e. The standard InChI is InChI=1S/C27H30FN5O5S/c1-3-38-25(36)20-11-30-22(23-29-7-9-39-23)31-21(20)15-32-8-6-27(28)19(13-32)14-33(26(27)37)12-18-5-4-17(24(34)35)10-16(18)2/h4-5,7,9-10,19H,3,6,8,11-15H2,1-2H3,(H,30,31)(H,34,35). The molecule has 4 heterocycles. The SMILES string of the molecule is CCOC(=O)C1=C(CN2CCC3(F)C(=O)N(Cc4ccc(C(=O)O)cc4C)CC3C2)NC(c2nccs2)=NC1. The first kappa shape index (κ1) is 26.9. The van der Waals surface area contributed by atoms with Crippen LogP contribution in [-0.4, -0.2) is 88.6 Å². The van der Waals surface area contributed by atoms with E-state index < -0.39 is 29.4 Å². The average Bonchev–Trinajstić information content (AvgIpc) is 3.53. The van der Waals surface area contributed by atoms with E-state index >= 15 is 4.39 Å². The van der Waals surface area contributed by atoms with Crippen LogP contribution >= 0.6 is 11.3 Å². The van der Waals surface area contributed by atoms with Crippen molar-refractivity contribution < 1.29 is 28.6 Å². The molecule has 2 aromatic rings. The van der Waals surface area contributed by atoms with Gasteiger partial charge in [-0.2, -0.15) is 0 Å². The van der Waals surface area contributed by atoms with Gasteiger partial charge < -0.3 is 20.1 Å². The van der Waals surface area contributed by atoms with Crippen LogP contribution < -0.4 is 5.32 Å². The van der Waals surface area contributed by atoms with Gasteiger partial charge >= 0.3 is 11.9 Å². The number of aromatic nitrogens is 1. The van der Waals surface area contributed by atoms with Gasteiger partial charge in [0.15, 0.2) is 16.5 Å². The molecule has 0 radical (unpaired) electrons. The molecule has 0 saturated carbocycles. The van der Waals surface area contributed by atoms with Crippen molar-refractivity contribution in [1.82, 2.24) is 20.1 Å². The lowest BCUT2D eigenvalue weighted by Gasteiger charge is -2.38. The fourth-order valence-corrected chi connectivity index (χ4v) is 6.00. The van der Waals surface area contributed by atoms with Gasteiger partial charge in [-0.05, 0) is 37.1 Å². The molecule has 5 rings (SSSR count). The molecule has 2 unspecified atom stereocenters. The number of thiazole rings is 1. The van der Waals surface area contributed by atoms with Gasteiger partial charge in [0, 0.05) is 62.3 Å². The maximum Gasteiger partial charge on any atom is 0.337 e. The third-order valence-electron chi connectivity index (χ3n) is 7.52. The molecule has 2 atom stereocenters. The van der Waals surface area contributed by atoms with Crippen molar-refractivity contribution in [2.75, 3.05) is 39.3 Å². The lowest BCUT2D eigenvalue weighted by Crippen LogP contribution is -2.52. The second kappa shape index (κ2) is 10.9. The number of ether oxygens (including phenoxy) is 1. The van der Waals surface area contributed by atoms with Crippen LogP contribution in [0.25, 0.3) is 0 Å². The maximum absolute atomic E-state index is 16.1. The van der Waals surface area contributed by atoms with E-state index in [0.29, 0.717) is 41.7 Å². The van der Waals surface area contributed by atoms with Gasteiger partial charge in [-0.25, -0.2) is 19.0 Å². The van der Waals surface area contributed by atoms with Crippen LogP contribution in [0, 0.1) is 12.8 Å². The van der Waals surface area contributed by atoms with E-state index in [9.17, 15) is 19.5 Å². The van der Waals surface area contributed by atoms with Gasteiger partial charge in [0.1, 0.15) is 0 Å². The summed E-state index contributed by atoms with van der Waals surface area (Å²) >= 11 is 1.44. The number of rotatable bonds is 8. The Hall–Kier alpha value is -3.64. The quantitative estimate of drug-likeness (QED) is 0.476. The van der Waals surface area contributed by atoms with Gasteiger partial charge in [-0.15, -0.1) is 11.3 Å². The summed E-state index contributed by atoms with van der Waals surface area (Å²) in [5.74, 6) is -1.93. The lowest BCUT2D eigenvalue weighted by atomic mass is 9.85. The number of nitrogens with one attached hydrogen (secondary N) is 1. The van der Waals surface area contributed by atoms with Gasteiger partial charge in [0.2, 0.25) is 0 Å². The Labute approximate surface area is 229 Å². The van der Waals surface area contributed by atoms with E-state index in [1.807, 2.05) is 5.38 Å². The molecule has 0 bridgehead atoms. The molecule has 1 aromatic heterocycles. The molecule has 39 heavy (non-hydrogen) atoms. The number of hydrogen-bond donors (Lipinski definition) is 2. The number of aliphatic imine (C=N–C) groups is 1. The van der Waals surface area contributed by atoms with Crippen LogP contribution in [0.3, 0.4) is 0 Å². The summed E-state index contributed by atoms with van der Waals surface area (Å²) in [6.07, 6.45) is 1.74. The number of fused-ring (bicyclic) bond motifs is 1. The minimum absolute atomic E-state index is 0.0549. The Morgan fingerprint density at radius 3 is 2.82 bits per heavy atom. The van der Waals surface area contributed by atoms with Crippen molar-refractivity contribution in [3.8, 4) is 0 Å². The third-order valence-corrected chi connectivity index (χ3v) is 8.30. The van der Waals surface area contributed by atoms with Gasteiger partial charge in [0.05, 0.1) is 24.3 Å². The number of amidine groups is 1. The van der Waals surface area contributed by atoms with Crippen molar-refractivity contribution in [2.45, 2.75) is 32.5 Å². The summed E-state index contributed by atoms with van der Waals surface area (Å²) in [6, 6.07) is 4.75. The Bertz CT molecular complexity index is 1360. The van der Waals surface area contributed by atoms with Crippen molar-refractivity contribution in [2.24, 2.45) is 10.9 Å². The number of carboxylic acid groups (broad SMARTS) is 1. The predicted molar refractivity (Wildman–Crippen MR) is 142 cm³/mol. The van der Waals surface area contributed by atoms with E-state index in [-0.39, 0.29) is 38.2 Å². The molecule has 2 fully saturated rings. The molecule has 2 saturated heterocycles. The Balaban J connectivity index is 1.30. The number of carboxylic acids is 1. The number of amides is 1. The summed E-state index contributed by atoms with van der Waals surface area (Å²) in [6.45, 7) is 5.47. The number of carbonyl (C=O) groups excluding carboxylic acids is 2. The van der Waals surface area contributed by atoms with E-state index in [1.54, 1.807) is 32.2 Å². The molecule has 0 spiro atoms. The highest BCUT2D eigenvalue weighted by Crippen LogP contribution is 2.40. The highest BCUT2D eigenvalue weighted by molar-refractivity contribution is 7.11. The van der Waals surface area contributed by atoms with E-state index in [0.717, 1.165) is 11.1 Å². The largest absolute Gasteiger partial charge is 0.478 e. The van der Waals surface area contributed by atoms with Gasteiger partial charge in [-0.1, -0.05) is 6.07 Å². The lowest BCUT2D eigenvalue weighted by molar-refractivity contribution is -0.141. The zero-order valence-corrected chi connectivity index (χ0v) is 22.6. The first-order valence-corrected chi connectivity index (χ1v) is 13.7. The molecule has 3 aliphatic rings. The second-order valence-electron chi connectivity index (χ2n) is 9.98. The average molecular weight is 556 g/mol. The van der Waals surface area contributed by atoms with Crippen LogP contribution in [0.15, 0.2) is 46.0 Å². The number of alkyl halides is 1. The van der Waals surface area contributed by atoms with Crippen LogP contribution in [0.2, 0.25) is 0 Å². The smallest absolute Gasteiger partial charge is 0.337 e. The molecule has 2 N–H and O–H groups in total. The molecule has 12 heteroatoms. The highest BCUT2D eigenvalue weighted by atomic mass is 32.1. The summed E-state index contributed by atoms with van der Waals surface area (Å²) < 4.78 is 21.3. The topological polar surface area (TPSA) is 124 Å². The van der Waals surface area contributed by atoms with Gasteiger partial charge in [-0.3, -0.25) is 14.7 Å². The minimum atomic E-state index is -1.95. The zero-order valence-electron chi connectivity index (χ0n) is 21.8. The van der Waals surface area contributed by atoms with Crippen molar-refractivity contribution in [3.05, 3.63) is 62.7 Å². The number of carbonyl (C=O) groups is 3. The monoisotopic (exact) mass is 555 g/mol. The van der Waals surface area contributed by atoms with E-state index in [4.69, 9.17) is 4.74 Å². The summed E-state index contributed by atoms with van der Waals surface area (Å²) in [4.78, 5) is 49.5. The zero-order chi connectivity index (χ0) is 27.7. The summed E-state index contributed by atoms with van der Waals surface area (Å²) in [5, 5.41) is 15.0. The van der Waals surface area contributed by atoms with Crippen molar-refractivity contribution in [1.29, 1.82) is 0 Å². The van der Waals surface area contributed by atoms with Crippen LogP contribution in [0.1, 0.15) is 39.8 Å². The first-order valence-electron chi connectivity index (χ1n) is 12.8. The Morgan fingerprint density at radius 2 is 2.13 bits per heavy atom. The number of hydrogen-bond acceptors (Lipinski definition) is 9. The number of piperidine rings is 1. The maximum atomic E-state index is 16.1. The Morgan fingerprint density at radius 1 is 1.31 bits per heavy atom. The summed E-state index contributed by atoms with van der Waals surface area (Å²) in [5.41, 5.74) is 0.834.